The van der Waals surface area contributed by atoms with Crippen LogP contribution in [0.5, 0.6) is 0 Å². The van der Waals surface area contributed by atoms with Crippen molar-refractivity contribution < 1.29 is 23.0 Å². The second-order valence-corrected chi connectivity index (χ2v) is 5.89. The molecule has 0 saturated carbocycles. The summed E-state index contributed by atoms with van der Waals surface area (Å²) in [5, 5.41) is 23.1. The first-order valence-electron chi connectivity index (χ1n) is 7.58. The molecule has 0 N–H and O–H groups in total. The zero-order valence-corrected chi connectivity index (χ0v) is 14.6. The van der Waals surface area contributed by atoms with Crippen LogP contribution in [-0.4, -0.2) is 16.4 Å². The number of nitro groups is 2. The number of anilines is 1. The molecule has 0 atom stereocenters. The van der Waals surface area contributed by atoms with E-state index in [9.17, 15) is 33.4 Å². The molecule has 0 aliphatic heterocycles. The summed E-state index contributed by atoms with van der Waals surface area (Å²) in [5.41, 5.74) is -3.43. The smallest absolute Gasteiger partial charge is 0.356 e. The predicted octanol–water partition coefficient (Wildman–Crippen LogP) is 5.20. The zero-order valence-electron chi connectivity index (χ0n) is 13.9. The van der Waals surface area contributed by atoms with Crippen molar-refractivity contribution in [1.82, 2.24) is 0 Å². The van der Waals surface area contributed by atoms with Crippen molar-refractivity contribution in [2.24, 2.45) is 0 Å². The van der Waals surface area contributed by atoms with Gasteiger partial charge in [0, 0.05) is 30.2 Å². The van der Waals surface area contributed by atoms with E-state index >= 15 is 0 Å². The van der Waals surface area contributed by atoms with E-state index in [0.29, 0.717) is 22.7 Å². The molecule has 144 valence electrons. The molecular weight excluding hydrogens is 391 g/mol. The Hall–Kier alpha value is -2.88. The van der Waals surface area contributed by atoms with Crippen LogP contribution in [0.3, 0.4) is 0 Å². The second-order valence-electron chi connectivity index (χ2n) is 5.48. The van der Waals surface area contributed by atoms with Gasteiger partial charge < -0.3 is 4.90 Å². The van der Waals surface area contributed by atoms with Crippen LogP contribution in [0, 0.1) is 20.2 Å². The van der Waals surface area contributed by atoms with E-state index in [2.05, 4.69) is 0 Å². The molecule has 0 heterocycles. The molecule has 11 heteroatoms. The standard InChI is InChI=1S/C16H13ClF3N3O4/c1-2-21(9-10-5-3-4-6-12(10)17)15-13(22(24)25)7-11(16(18,19)20)8-14(15)23(26)27/h3-8H,2,9H2,1H3. The molecule has 0 fully saturated rings. The maximum atomic E-state index is 13.0. The highest BCUT2D eigenvalue weighted by Gasteiger charge is 2.39. The van der Waals surface area contributed by atoms with E-state index in [4.69, 9.17) is 11.6 Å². The van der Waals surface area contributed by atoms with Crippen molar-refractivity contribution in [3.05, 3.63) is 72.8 Å². The van der Waals surface area contributed by atoms with Crippen LogP contribution in [0.25, 0.3) is 0 Å². The van der Waals surface area contributed by atoms with Crippen molar-refractivity contribution in [2.45, 2.75) is 19.6 Å². The molecule has 0 unspecified atom stereocenters. The Bertz CT molecular complexity index is 854. The summed E-state index contributed by atoms with van der Waals surface area (Å²) in [7, 11) is 0. The lowest BCUT2D eigenvalue weighted by Gasteiger charge is -2.23. The Kier molecular flexibility index (Phi) is 5.89. The van der Waals surface area contributed by atoms with Gasteiger partial charge in [-0.2, -0.15) is 13.2 Å². The summed E-state index contributed by atoms with van der Waals surface area (Å²) in [4.78, 5) is 21.9. The number of benzene rings is 2. The van der Waals surface area contributed by atoms with Crippen LogP contribution in [0.2, 0.25) is 5.02 Å². The van der Waals surface area contributed by atoms with Gasteiger partial charge in [-0.1, -0.05) is 29.8 Å². The molecule has 2 aromatic rings. The van der Waals surface area contributed by atoms with Crippen LogP contribution < -0.4 is 4.90 Å². The summed E-state index contributed by atoms with van der Waals surface area (Å²) in [6.45, 7) is 1.59. The van der Waals surface area contributed by atoms with Crippen LogP contribution in [0.1, 0.15) is 18.1 Å². The number of alkyl halides is 3. The van der Waals surface area contributed by atoms with Crippen LogP contribution in [-0.2, 0) is 12.7 Å². The van der Waals surface area contributed by atoms with Gasteiger partial charge in [-0.3, -0.25) is 20.2 Å². The molecule has 0 saturated heterocycles. The van der Waals surface area contributed by atoms with E-state index < -0.39 is 38.6 Å². The van der Waals surface area contributed by atoms with Gasteiger partial charge in [0.15, 0.2) is 5.69 Å². The van der Waals surface area contributed by atoms with Gasteiger partial charge in [0.25, 0.3) is 11.4 Å². The van der Waals surface area contributed by atoms with Gasteiger partial charge in [-0.15, -0.1) is 0 Å². The molecular formula is C16H13ClF3N3O4. The van der Waals surface area contributed by atoms with E-state index in [0.717, 1.165) is 0 Å². The minimum atomic E-state index is -4.96. The molecule has 0 amide bonds. The fourth-order valence-electron chi connectivity index (χ4n) is 2.55. The van der Waals surface area contributed by atoms with Crippen LogP contribution in [0.4, 0.5) is 30.2 Å². The zero-order chi connectivity index (χ0) is 20.4. The lowest BCUT2D eigenvalue weighted by Crippen LogP contribution is -2.24. The molecule has 0 aliphatic carbocycles. The summed E-state index contributed by atoms with van der Waals surface area (Å²) < 4.78 is 39.0. The van der Waals surface area contributed by atoms with Crippen molar-refractivity contribution in [2.75, 3.05) is 11.4 Å². The molecule has 0 aliphatic rings. The third-order valence-corrected chi connectivity index (χ3v) is 4.18. The molecule has 7 nitrogen and oxygen atoms in total. The van der Waals surface area contributed by atoms with E-state index in [1.807, 2.05) is 0 Å². The molecule has 0 spiro atoms. The molecule has 0 radical (unpaired) electrons. The Balaban J connectivity index is 2.69. The number of hydrogen-bond acceptors (Lipinski definition) is 5. The SMILES string of the molecule is CCN(Cc1ccccc1Cl)c1c([N+](=O)[O-])cc(C(F)(F)F)cc1[N+](=O)[O-]. The minimum absolute atomic E-state index is 0.0524. The lowest BCUT2D eigenvalue weighted by molar-refractivity contribution is -0.393. The number of hydrogen-bond donors (Lipinski definition) is 0. The van der Waals surface area contributed by atoms with Gasteiger partial charge in [0.05, 0.1) is 15.4 Å². The monoisotopic (exact) mass is 403 g/mol. The Morgan fingerprint density at radius 1 is 1.07 bits per heavy atom. The quantitative estimate of drug-likeness (QED) is 0.488. The fourth-order valence-corrected chi connectivity index (χ4v) is 2.75. The molecule has 0 bridgehead atoms. The molecule has 2 rings (SSSR count). The van der Waals surface area contributed by atoms with Gasteiger partial charge in [-0.05, 0) is 18.6 Å². The molecule has 2 aromatic carbocycles. The maximum absolute atomic E-state index is 13.0. The largest absolute Gasteiger partial charge is 0.416 e. The summed E-state index contributed by atoms with van der Waals surface area (Å²) in [6.07, 6.45) is -4.96. The highest BCUT2D eigenvalue weighted by molar-refractivity contribution is 6.31. The average molecular weight is 404 g/mol. The summed E-state index contributed by atoms with van der Waals surface area (Å²) >= 11 is 6.06. The summed E-state index contributed by atoms with van der Waals surface area (Å²) in [5.74, 6) is 0. The average Bonchev–Trinajstić information content (AvgIpc) is 2.59. The number of rotatable bonds is 6. The Morgan fingerprint density at radius 2 is 1.59 bits per heavy atom. The third-order valence-electron chi connectivity index (χ3n) is 3.81. The highest BCUT2D eigenvalue weighted by atomic mass is 35.5. The fraction of sp³-hybridized carbons (Fsp3) is 0.250. The molecule has 27 heavy (non-hydrogen) atoms. The van der Waals surface area contributed by atoms with Gasteiger partial charge in [0.1, 0.15) is 0 Å². The first kappa shape index (κ1) is 20.4. The third kappa shape index (κ3) is 4.45. The van der Waals surface area contributed by atoms with Gasteiger partial charge in [0.2, 0.25) is 0 Å². The van der Waals surface area contributed by atoms with Crippen LogP contribution in [0.15, 0.2) is 36.4 Å². The normalized spacial score (nSPS) is 11.3. The van der Waals surface area contributed by atoms with E-state index in [-0.39, 0.29) is 13.1 Å². The van der Waals surface area contributed by atoms with Crippen molar-refractivity contribution in [3.63, 3.8) is 0 Å². The number of halogens is 4. The van der Waals surface area contributed by atoms with Crippen molar-refractivity contribution in [3.8, 4) is 0 Å². The van der Waals surface area contributed by atoms with E-state index in [1.54, 1.807) is 31.2 Å². The molecule has 0 aromatic heterocycles. The Labute approximate surface area is 156 Å². The topological polar surface area (TPSA) is 89.5 Å². The number of nitro benzene ring substituents is 2. The van der Waals surface area contributed by atoms with Crippen molar-refractivity contribution >= 4 is 28.7 Å². The number of nitrogens with zero attached hydrogens (tertiary/aromatic N) is 3. The van der Waals surface area contributed by atoms with Gasteiger partial charge >= 0.3 is 6.18 Å². The van der Waals surface area contributed by atoms with Crippen molar-refractivity contribution in [1.29, 1.82) is 0 Å². The first-order chi connectivity index (χ1) is 12.6. The second kappa shape index (κ2) is 7.78. The minimum Gasteiger partial charge on any atom is -0.356 e. The lowest BCUT2D eigenvalue weighted by atomic mass is 10.1. The highest BCUT2D eigenvalue weighted by Crippen LogP contribution is 2.43. The Morgan fingerprint density at radius 3 is 2.00 bits per heavy atom. The predicted molar refractivity (Wildman–Crippen MR) is 92.9 cm³/mol. The van der Waals surface area contributed by atoms with Gasteiger partial charge in [-0.25, -0.2) is 0 Å². The maximum Gasteiger partial charge on any atom is 0.416 e. The van der Waals surface area contributed by atoms with E-state index in [1.165, 1.54) is 4.90 Å². The first-order valence-corrected chi connectivity index (χ1v) is 7.96. The van der Waals surface area contributed by atoms with Crippen LogP contribution >= 0.6 is 11.6 Å². The summed E-state index contributed by atoms with van der Waals surface area (Å²) in [6, 6.07) is 7.11.